The summed E-state index contributed by atoms with van der Waals surface area (Å²) in [6, 6.07) is 8.07. The van der Waals surface area contributed by atoms with Gasteiger partial charge in [-0.3, -0.25) is 4.68 Å². The van der Waals surface area contributed by atoms with E-state index in [4.69, 9.17) is 19.3 Å². The molecule has 4 rings (SSSR count). The van der Waals surface area contributed by atoms with Gasteiger partial charge < -0.3 is 14.2 Å². The van der Waals surface area contributed by atoms with Gasteiger partial charge in [0.25, 0.3) is 0 Å². The Bertz CT molecular complexity index is 716. The molecule has 140 valence electrons. The van der Waals surface area contributed by atoms with Crippen molar-refractivity contribution in [3.63, 3.8) is 0 Å². The maximum atomic E-state index is 6.01. The molecule has 26 heavy (non-hydrogen) atoms. The fourth-order valence-corrected chi connectivity index (χ4v) is 3.96. The number of methoxy groups -OCH3 is 1. The zero-order valence-electron chi connectivity index (χ0n) is 15.5. The van der Waals surface area contributed by atoms with Crippen molar-refractivity contribution in [3.8, 4) is 22.8 Å². The third-order valence-electron chi connectivity index (χ3n) is 5.42. The molecule has 1 saturated heterocycles. The van der Waals surface area contributed by atoms with Crippen LogP contribution in [0.4, 0.5) is 0 Å². The highest BCUT2D eigenvalue weighted by atomic mass is 16.7. The van der Waals surface area contributed by atoms with Gasteiger partial charge in [0.2, 0.25) is 0 Å². The predicted molar refractivity (Wildman–Crippen MR) is 100 cm³/mol. The number of ether oxygens (including phenoxy) is 3. The summed E-state index contributed by atoms with van der Waals surface area (Å²) in [5, 5.41) is 4.79. The van der Waals surface area contributed by atoms with Crippen LogP contribution < -0.4 is 9.47 Å². The van der Waals surface area contributed by atoms with Crippen LogP contribution in [-0.2, 0) is 11.3 Å². The van der Waals surface area contributed by atoms with E-state index >= 15 is 0 Å². The Morgan fingerprint density at radius 3 is 2.73 bits per heavy atom. The third-order valence-corrected chi connectivity index (χ3v) is 5.42. The molecule has 2 aliphatic rings. The topological polar surface area (TPSA) is 45.5 Å². The van der Waals surface area contributed by atoms with E-state index in [2.05, 4.69) is 16.9 Å². The number of rotatable bonds is 6. The molecule has 2 fully saturated rings. The molecule has 1 saturated carbocycles. The van der Waals surface area contributed by atoms with Gasteiger partial charge in [-0.1, -0.05) is 19.3 Å². The fourth-order valence-electron chi connectivity index (χ4n) is 3.96. The molecule has 0 unspecified atom stereocenters. The summed E-state index contributed by atoms with van der Waals surface area (Å²) in [7, 11) is 1.66. The molecule has 0 N–H and O–H groups in total. The Morgan fingerprint density at radius 1 is 1.08 bits per heavy atom. The van der Waals surface area contributed by atoms with Crippen LogP contribution in [-0.4, -0.2) is 29.8 Å². The van der Waals surface area contributed by atoms with Gasteiger partial charge in [-0.2, -0.15) is 5.10 Å². The van der Waals surface area contributed by atoms with Gasteiger partial charge >= 0.3 is 0 Å². The molecular weight excluding hydrogens is 328 g/mol. The number of hydrogen-bond acceptors (Lipinski definition) is 4. The molecule has 0 amide bonds. The van der Waals surface area contributed by atoms with E-state index in [0.29, 0.717) is 0 Å². The molecule has 2 aromatic rings. The SMILES string of the molecule is COc1ccc(-c2ccn(CC3CCCCC3)n2)cc1O[C@H]1CCCO1. The molecule has 1 aromatic carbocycles. The smallest absolute Gasteiger partial charge is 0.200 e. The summed E-state index contributed by atoms with van der Waals surface area (Å²) in [5.41, 5.74) is 2.02. The van der Waals surface area contributed by atoms with Crippen LogP contribution in [0.1, 0.15) is 44.9 Å². The lowest BCUT2D eigenvalue weighted by atomic mass is 9.89. The van der Waals surface area contributed by atoms with Crippen molar-refractivity contribution in [2.24, 2.45) is 5.92 Å². The van der Waals surface area contributed by atoms with Crippen molar-refractivity contribution in [2.45, 2.75) is 57.8 Å². The molecule has 1 aliphatic carbocycles. The lowest BCUT2D eigenvalue weighted by Crippen LogP contribution is -2.14. The molecule has 1 aliphatic heterocycles. The van der Waals surface area contributed by atoms with Crippen molar-refractivity contribution >= 4 is 0 Å². The number of hydrogen-bond donors (Lipinski definition) is 0. The second-order valence-electron chi connectivity index (χ2n) is 7.35. The van der Waals surface area contributed by atoms with Gasteiger partial charge in [-0.25, -0.2) is 0 Å². The average molecular weight is 356 g/mol. The van der Waals surface area contributed by atoms with E-state index in [-0.39, 0.29) is 6.29 Å². The first-order valence-electron chi connectivity index (χ1n) is 9.82. The Labute approximate surface area is 155 Å². The van der Waals surface area contributed by atoms with E-state index in [9.17, 15) is 0 Å². The van der Waals surface area contributed by atoms with E-state index in [1.54, 1.807) is 7.11 Å². The van der Waals surface area contributed by atoms with Crippen LogP contribution in [0.25, 0.3) is 11.3 Å². The highest BCUT2D eigenvalue weighted by Crippen LogP contribution is 2.34. The second-order valence-corrected chi connectivity index (χ2v) is 7.35. The van der Waals surface area contributed by atoms with E-state index in [1.807, 2.05) is 18.2 Å². The minimum absolute atomic E-state index is 0.178. The normalized spacial score (nSPS) is 21.0. The highest BCUT2D eigenvalue weighted by Gasteiger charge is 2.20. The van der Waals surface area contributed by atoms with Crippen molar-refractivity contribution < 1.29 is 14.2 Å². The van der Waals surface area contributed by atoms with E-state index < -0.39 is 0 Å². The van der Waals surface area contributed by atoms with Crippen LogP contribution in [0.15, 0.2) is 30.5 Å². The molecule has 1 atom stereocenters. The summed E-state index contributed by atoms with van der Waals surface area (Å²) in [4.78, 5) is 0. The number of nitrogens with zero attached hydrogens (tertiary/aromatic N) is 2. The quantitative estimate of drug-likeness (QED) is 0.755. The largest absolute Gasteiger partial charge is 0.493 e. The average Bonchev–Trinajstić information content (AvgIpc) is 3.35. The van der Waals surface area contributed by atoms with Gasteiger partial charge in [0, 0.05) is 24.7 Å². The van der Waals surface area contributed by atoms with Crippen molar-refractivity contribution in [2.75, 3.05) is 13.7 Å². The van der Waals surface area contributed by atoms with E-state index in [0.717, 1.165) is 54.7 Å². The van der Waals surface area contributed by atoms with Gasteiger partial charge in [-0.15, -0.1) is 0 Å². The van der Waals surface area contributed by atoms with Crippen LogP contribution in [0.5, 0.6) is 11.5 Å². The first-order chi connectivity index (χ1) is 12.8. The first kappa shape index (κ1) is 17.4. The highest BCUT2D eigenvalue weighted by molar-refractivity contribution is 5.63. The molecule has 0 radical (unpaired) electrons. The Hall–Kier alpha value is -2.01. The second kappa shape index (κ2) is 8.12. The summed E-state index contributed by atoms with van der Waals surface area (Å²) in [5.74, 6) is 2.22. The number of aromatic nitrogens is 2. The van der Waals surface area contributed by atoms with Gasteiger partial charge in [-0.05, 0) is 49.4 Å². The van der Waals surface area contributed by atoms with Gasteiger partial charge in [0.15, 0.2) is 17.8 Å². The summed E-state index contributed by atoms with van der Waals surface area (Å²) < 4.78 is 19.1. The minimum Gasteiger partial charge on any atom is -0.493 e. The van der Waals surface area contributed by atoms with Crippen molar-refractivity contribution in [1.29, 1.82) is 0 Å². The molecular formula is C21H28N2O3. The zero-order chi connectivity index (χ0) is 17.8. The Morgan fingerprint density at radius 2 is 1.96 bits per heavy atom. The van der Waals surface area contributed by atoms with Gasteiger partial charge in [0.05, 0.1) is 19.4 Å². The molecule has 5 heteroatoms. The van der Waals surface area contributed by atoms with Gasteiger partial charge in [0.1, 0.15) is 0 Å². The zero-order valence-corrected chi connectivity index (χ0v) is 15.5. The van der Waals surface area contributed by atoms with Crippen molar-refractivity contribution in [3.05, 3.63) is 30.5 Å². The first-order valence-corrected chi connectivity index (χ1v) is 9.82. The monoisotopic (exact) mass is 356 g/mol. The lowest BCUT2D eigenvalue weighted by molar-refractivity contribution is -0.0402. The van der Waals surface area contributed by atoms with Crippen LogP contribution >= 0.6 is 0 Å². The Kier molecular flexibility index (Phi) is 5.44. The molecule has 0 bridgehead atoms. The predicted octanol–water partition coefficient (Wildman–Crippen LogP) is 4.65. The minimum atomic E-state index is -0.178. The maximum Gasteiger partial charge on any atom is 0.200 e. The maximum absolute atomic E-state index is 6.01. The summed E-state index contributed by atoms with van der Waals surface area (Å²) in [6.07, 6.45) is 10.6. The molecule has 2 heterocycles. The molecule has 5 nitrogen and oxygen atoms in total. The molecule has 1 aromatic heterocycles. The third kappa shape index (κ3) is 4.04. The van der Waals surface area contributed by atoms with Crippen LogP contribution in [0.2, 0.25) is 0 Å². The van der Waals surface area contributed by atoms with Crippen molar-refractivity contribution in [1.82, 2.24) is 9.78 Å². The number of benzene rings is 1. The summed E-state index contributed by atoms with van der Waals surface area (Å²) in [6.45, 7) is 1.79. The lowest BCUT2D eigenvalue weighted by Gasteiger charge is -2.21. The summed E-state index contributed by atoms with van der Waals surface area (Å²) >= 11 is 0. The standard InChI is InChI=1S/C21H28N2O3/c1-24-19-10-9-17(14-20(19)26-21-8-5-13-25-21)18-11-12-23(22-18)15-16-6-3-2-4-7-16/h9-12,14,16,21H,2-8,13,15H2,1H3/t21-/m0/s1. The molecule has 0 spiro atoms. The van der Waals surface area contributed by atoms with Crippen LogP contribution in [0.3, 0.4) is 0 Å². The van der Waals surface area contributed by atoms with E-state index in [1.165, 1.54) is 32.1 Å². The van der Waals surface area contributed by atoms with Crippen LogP contribution in [0, 0.1) is 5.92 Å². The fraction of sp³-hybridized carbons (Fsp3) is 0.571. The Balaban J connectivity index is 1.49.